The van der Waals surface area contributed by atoms with Crippen LogP contribution >= 0.6 is 0 Å². The summed E-state index contributed by atoms with van der Waals surface area (Å²) in [6.45, 7) is 1.89. The number of anilines is 1. The summed E-state index contributed by atoms with van der Waals surface area (Å²) in [6, 6.07) is 19.0. The Balaban J connectivity index is 1.79. The average molecular weight is 333 g/mol. The second-order valence-electron chi connectivity index (χ2n) is 5.48. The van der Waals surface area contributed by atoms with E-state index < -0.39 is 0 Å². The van der Waals surface area contributed by atoms with Crippen molar-refractivity contribution in [3.63, 3.8) is 0 Å². The number of aromatic nitrogens is 2. The summed E-state index contributed by atoms with van der Waals surface area (Å²) < 4.78 is 6.99. The molecular weight excluding hydrogens is 314 g/mol. The van der Waals surface area contributed by atoms with Gasteiger partial charge in [-0.25, -0.2) is 4.68 Å². The number of nitrogens with one attached hydrogen (secondary N) is 1. The van der Waals surface area contributed by atoms with Crippen molar-refractivity contribution >= 4 is 17.8 Å². The van der Waals surface area contributed by atoms with Gasteiger partial charge in [0.05, 0.1) is 18.5 Å². The van der Waals surface area contributed by atoms with Crippen molar-refractivity contribution in [3.05, 3.63) is 78.0 Å². The Labute approximate surface area is 146 Å². The Hall–Kier alpha value is -3.34. The molecule has 5 nitrogen and oxygen atoms in total. The van der Waals surface area contributed by atoms with Gasteiger partial charge >= 0.3 is 0 Å². The molecule has 0 aliphatic rings. The SMILES string of the molecule is COc1ccccc1C=CC(=O)Nc1cc(C)nn1-c1ccccc1. The van der Waals surface area contributed by atoms with Crippen LogP contribution in [0.2, 0.25) is 0 Å². The summed E-state index contributed by atoms with van der Waals surface area (Å²) in [7, 11) is 1.61. The van der Waals surface area contributed by atoms with Crippen LogP contribution in [0.1, 0.15) is 11.3 Å². The van der Waals surface area contributed by atoms with Crippen molar-refractivity contribution in [1.82, 2.24) is 9.78 Å². The lowest BCUT2D eigenvalue weighted by Gasteiger charge is -2.07. The third-order valence-corrected chi connectivity index (χ3v) is 3.64. The van der Waals surface area contributed by atoms with Gasteiger partial charge in [-0.15, -0.1) is 0 Å². The van der Waals surface area contributed by atoms with Gasteiger partial charge in [-0.2, -0.15) is 5.10 Å². The number of methoxy groups -OCH3 is 1. The monoisotopic (exact) mass is 333 g/mol. The third kappa shape index (κ3) is 3.95. The van der Waals surface area contributed by atoms with E-state index in [1.54, 1.807) is 17.9 Å². The molecule has 0 bridgehead atoms. The molecule has 1 N–H and O–H groups in total. The van der Waals surface area contributed by atoms with Gasteiger partial charge < -0.3 is 10.1 Å². The molecule has 0 spiro atoms. The van der Waals surface area contributed by atoms with E-state index in [1.807, 2.05) is 67.6 Å². The number of rotatable bonds is 5. The lowest BCUT2D eigenvalue weighted by atomic mass is 10.2. The van der Waals surface area contributed by atoms with E-state index >= 15 is 0 Å². The Morgan fingerprint density at radius 1 is 1.12 bits per heavy atom. The molecule has 1 heterocycles. The molecule has 3 rings (SSSR count). The molecule has 5 heteroatoms. The van der Waals surface area contributed by atoms with Gasteiger partial charge in [0.2, 0.25) is 5.91 Å². The van der Waals surface area contributed by atoms with Crippen molar-refractivity contribution < 1.29 is 9.53 Å². The van der Waals surface area contributed by atoms with Crippen molar-refractivity contribution in [3.8, 4) is 11.4 Å². The third-order valence-electron chi connectivity index (χ3n) is 3.64. The molecule has 0 saturated carbocycles. The Bertz CT molecular complexity index is 898. The van der Waals surface area contributed by atoms with Crippen LogP contribution in [0.15, 0.2) is 66.7 Å². The highest BCUT2D eigenvalue weighted by molar-refractivity contribution is 6.01. The number of hydrogen-bond acceptors (Lipinski definition) is 3. The first-order chi connectivity index (χ1) is 12.2. The first-order valence-electron chi connectivity index (χ1n) is 7.91. The number of carbonyl (C=O) groups excluding carboxylic acids is 1. The molecule has 0 radical (unpaired) electrons. The molecule has 0 aliphatic heterocycles. The number of aryl methyl sites for hydroxylation is 1. The van der Waals surface area contributed by atoms with Gasteiger partial charge in [-0.05, 0) is 31.2 Å². The summed E-state index contributed by atoms with van der Waals surface area (Å²) in [5, 5.41) is 7.31. The Kier molecular flexibility index (Phi) is 4.95. The van der Waals surface area contributed by atoms with Crippen molar-refractivity contribution in [2.24, 2.45) is 0 Å². The highest BCUT2D eigenvalue weighted by Crippen LogP contribution is 2.19. The highest BCUT2D eigenvalue weighted by Gasteiger charge is 2.09. The first kappa shape index (κ1) is 16.5. The fraction of sp³-hybridized carbons (Fsp3) is 0.100. The standard InChI is InChI=1S/C20H19N3O2/c1-15-14-19(23(22-15)17-9-4-3-5-10-17)21-20(24)13-12-16-8-6-7-11-18(16)25-2/h3-14H,1-2H3,(H,21,24). The van der Waals surface area contributed by atoms with Gasteiger partial charge in [-0.3, -0.25) is 4.79 Å². The van der Waals surface area contributed by atoms with Crippen LogP contribution in [0.3, 0.4) is 0 Å². The van der Waals surface area contributed by atoms with E-state index in [2.05, 4.69) is 10.4 Å². The van der Waals surface area contributed by atoms with E-state index in [-0.39, 0.29) is 5.91 Å². The number of benzene rings is 2. The summed E-state index contributed by atoms with van der Waals surface area (Å²) >= 11 is 0. The zero-order chi connectivity index (χ0) is 17.6. The molecule has 126 valence electrons. The molecule has 0 fully saturated rings. The zero-order valence-electron chi connectivity index (χ0n) is 14.1. The fourth-order valence-electron chi connectivity index (χ4n) is 2.49. The number of hydrogen-bond donors (Lipinski definition) is 1. The van der Waals surface area contributed by atoms with Crippen LogP contribution in [0.5, 0.6) is 5.75 Å². The van der Waals surface area contributed by atoms with E-state index in [0.717, 1.165) is 22.7 Å². The minimum atomic E-state index is -0.233. The predicted molar refractivity (Wildman–Crippen MR) is 99.0 cm³/mol. The van der Waals surface area contributed by atoms with Crippen LogP contribution in [0.25, 0.3) is 11.8 Å². The molecule has 0 atom stereocenters. The van der Waals surface area contributed by atoms with E-state index in [1.165, 1.54) is 6.08 Å². The smallest absolute Gasteiger partial charge is 0.249 e. The first-order valence-corrected chi connectivity index (χ1v) is 7.91. The van der Waals surface area contributed by atoms with E-state index in [0.29, 0.717) is 5.82 Å². The largest absolute Gasteiger partial charge is 0.496 e. The van der Waals surface area contributed by atoms with Crippen molar-refractivity contribution in [1.29, 1.82) is 0 Å². The summed E-state index contributed by atoms with van der Waals surface area (Å²) in [4.78, 5) is 12.3. The van der Waals surface area contributed by atoms with Crippen molar-refractivity contribution in [2.75, 3.05) is 12.4 Å². The maximum absolute atomic E-state index is 12.3. The molecule has 25 heavy (non-hydrogen) atoms. The molecule has 1 aromatic heterocycles. The predicted octanol–water partition coefficient (Wildman–Crippen LogP) is 3.84. The molecular formula is C20H19N3O2. The maximum Gasteiger partial charge on any atom is 0.249 e. The number of amides is 1. The van der Waals surface area contributed by atoms with Crippen molar-refractivity contribution in [2.45, 2.75) is 6.92 Å². The van der Waals surface area contributed by atoms with E-state index in [4.69, 9.17) is 4.74 Å². The lowest BCUT2D eigenvalue weighted by molar-refractivity contribution is -0.111. The molecule has 0 unspecified atom stereocenters. The number of carbonyl (C=O) groups is 1. The van der Waals surface area contributed by atoms with Gasteiger partial charge in [-0.1, -0.05) is 36.4 Å². The van der Waals surface area contributed by atoms with Gasteiger partial charge in [0.1, 0.15) is 11.6 Å². The Morgan fingerprint density at radius 3 is 2.60 bits per heavy atom. The number of ether oxygens (including phenoxy) is 1. The highest BCUT2D eigenvalue weighted by atomic mass is 16.5. The molecule has 1 amide bonds. The molecule has 3 aromatic rings. The second kappa shape index (κ2) is 7.49. The molecule has 0 saturated heterocycles. The summed E-state index contributed by atoms with van der Waals surface area (Å²) in [5.41, 5.74) is 2.56. The quantitative estimate of drug-likeness (QED) is 0.722. The number of para-hydroxylation sites is 2. The van der Waals surface area contributed by atoms with Crippen LogP contribution < -0.4 is 10.1 Å². The molecule has 0 aliphatic carbocycles. The minimum Gasteiger partial charge on any atom is -0.496 e. The average Bonchev–Trinajstić information content (AvgIpc) is 3.01. The van der Waals surface area contributed by atoms with Crippen LogP contribution in [-0.2, 0) is 4.79 Å². The van der Waals surface area contributed by atoms with Crippen LogP contribution in [-0.4, -0.2) is 22.8 Å². The summed E-state index contributed by atoms with van der Waals surface area (Å²) in [5.74, 6) is 1.11. The summed E-state index contributed by atoms with van der Waals surface area (Å²) in [6.07, 6.45) is 3.21. The topological polar surface area (TPSA) is 56.1 Å². The van der Waals surface area contributed by atoms with Gasteiger partial charge in [0.15, 0.2) is 0 Å². The number of nitrogens with zero attached hydrogens (tertiary/aromatic N) is 2. The van der Waals surface area contributed by atoms with Gasteiger partial charge in [0, 0.05) is 17.7 Å². The van der Waals surface area contributed by atoms with E-state index in [9.17, 15) is 4.79 Å². The molecule has 2 aromatic carbocycles. The van der Waals surface area contributed by atoms with Gasteiger partial charge in [0.25, 0.3) is 0 Å². The lowest BCUT2D eigenvalue weighted by Crippen LogP contribution is -2.12. The fourth-order valence-corrected chi connectivity index (χ4v) is 2.49. The normalized spacial score (nSPS) is 10.8. The zero-order valence-corrected chi connectivity index (χ0v) is 14.1. The second-order valence-corrected chi connectivity index (χ2v) is 5.48. The van der Waals surface area contributed by atoms with Crippen LogP contribution in [0.4, 0.5) is 5.82 Å². The maximum atomic E-state index is 12.3. The van der Waals surface area contributed by atoms with Crippen LogP contribution in [0, 0.1) is 6.92 Å². The minimum absolute atomic E-state index is 0.233. The Morgan fingerprint density at radius 2 is 1.84 bits per heavy atom.